The summed E-state index contributed by atoms with van der Waals surface area (Å²) in [5.74, 6) is 1.52. The van der Waals surface area contributed by atoms with Crippen molar-refractivity contribution in [2.24, 2.45) is 0 Å². The number of ether oxygens (including phenoxy) is 1. The molecular formula is C16H21NO4S2. The first-order chi connectivity index (χ1) is 11.0. The van der Waals surface area contributed by atoms with E-state index in [0.29, 0.717) is 12.2 Å². The third-order valence-electron chi connectivity index (χ3n) is 4.25. The molecule has 0 unspecified atom stereocenters. The molecule has 2 aliphatic rings. The van der Waals surface area contributed by atoms with Crippen molar-refractivity contribution in [2.45, 2.75) is 36.2 Å². The lowest BCUT2D eigenvalue weighted by molar-refractivity contribution is -0.130. The van der Waals surface area contributed by atoms with Crippen LogP contribution in [0.4, 0.5) is 0 Å². The molecule has 0 radical (unpaired) electrons. The van der Waals surface area contributed by atoms with Crippen LogP contribution in [0.15, 0.2) is 29.2 Å². The molecule has 0 aromatic heterocycles. The molecular weight excluding hydrogens is 334 g/mol. The van der Waals surface area contributed by atoms with Crippen molar-refractivity contribution in [1.29, 1.82) is 0 Å². The van der Waals surface area contributed by atoms with Crippen LogP contribution < -0.4 is 4.74 Å². The van der Waals surface area contributed by atoms with Gasteiger partial charge in [0.15, 0.2) is 9.84 Å². The third-order valence-corrected chi connectivity index (χ3v) is 7.00. The summed E-state index contributed by atoms with van der Waals surface area (Å²) in [6, 6.07) is 7.72. The number of carbonyl (C=O) groups excluding carboxylic acids is 1. The van der Waals surface area contributed by atoms with Crippen LogP contribution in [-0.2, 0) is 14.6 Å². The maximum absolute atomic E-state index is 12.6. The topological polar surface area (TPSA) is 63.7 Å². The Morgan fingerprint density at radius 3 is 2.43 bits per heavy atom. The number of rotatable bonds is 6. The van der Waals surface area contributed by atoms with E-state index >= 15 is 0 Å². The summed E-state index contributed by atoms with van der Waals surface area (Å²) in [7, 11) is -1.35. The van der Waals surface area contributed by atoms with Gasteiger partial charge in [-0.25, -0.2) is 8.42 Å². The van der Waals surface area contributed by atoms with Gasteiger partial charge in [0.25, 0.3) is 0 Å². The number of benzene rings is 1. The number of methoxy groups -OCH3 is 1. The van der Waals surface area contributed by atoms with E-state index in [1.807, 2.05) is 29.2 Å². The van der Waals surface area contributed by atoms with Crippen molar-refractivity contribution >= 4 is 27.5 Å². The highest BCUT2D eigenvalue weighted by Gasteiger charge is 2.41. The fraction of sp³-hybridized carbons (Fsp3) is 0.562. The van der Waals surface area contributed by atoms with Gasteiger partial charge in [-0.1, -0.05) is 0 Å². The van der Waals surface area contributed by atoms with Gasteiger partial charge in [-0.2, -0.15) is 0 Å². The zero-order valence-electron chi connectivity index (χ0n) is 13.1. The van der Waals surface area contributed by atoms with Crippen LogP contribution in [0.1, 0.15) is 19.3 Å². The first-order valence-electron chi connectivity index (χ1n) is 7.77. The van der Waals surface area contributed by atoms with Crippen LogP contribution in [-0.4, -0.2) is 55.7 Å². The molecule has 1 heterocycles. The van der Waals surface area contributed by atoms with Crippen LogP contribution in [0.3, 0.4) is 0 Å². The standard InChI is InChI=1S/C16H21NO4S2/c1-21-14-4-6-15(7-5-14)22-10-16(18)17(12-2-3-12)13-8-9-23(19,20)11-13/h4-7,12-13H,2-3,8-11H2,1H3/t13-/m1/s1. The molecule has 1 amide bonds. The van der Waals surface area contributed by atoms with Gasteiger partial charge < -0.3 is 9.64 Å². The van der Waals surface area contributed by atoms with Gasteiger partial charge in [0, 0.05) is 17.0 Å². The Bertz CT molecular complexity index is 668. The SMILES string of the molecule is COc1ccc(SCC(=O)N(C2CC2)[C@@H]2CCS(=O)(=O)C2)cc1. The van der Waals surface area contributed by atoms with Crippen molar-refractivity contribution in [3.05, 3.63) is 24.3 Å². The molecule has 0 spiro atoms. The van der Waals surface area contributed by atoms with Gasteiger partial charge in [-0.3, -0.25) is 4.79 Å². The minimum Gasteiger partial charge on any atom is -0.497 e. The number of thioether (sulfide) groups is 1. The first kappa shape index (κ1) is 16.6. The van der Waals surface area contributed by atoms with Crippen molar-refractivity contribution in [3.8, 4) is 5.75 Å². The molecule has 1 aromatic rings. The predicted molar refractivity (Wildman–Crippen MR) is 90.6 cm³/mol. The molecule has 3 rings (SSSR count). The van der Waals surface area contributed by atoms with E-state index in [4.69, 9.17) is 4.74 Å². The summed E-state index contributed by atoms with van der Waals surface area (Å²) in [5, 5.41) is 0. The Kier molecular flexibility index (Phi) is 4.87. The monoisotopic (exact) mass is 355 g/mol. The second-order valence-electron chi connectivity index (χ2n) is 6.05. The summed E-state index contributed by atoms with van der Waals surface area (Å²) in [5.41, 5.74) is 0. The molecule has 0 bridgehead atoms. The summed E-state index contributed by atoms with van der Waals surface area (Å²) in [4.78, 5) is 15.5. The van der Waals surface area contributed by atoms with E-state index in [1.54, 1.807) is 7.11 Å². The highest BCUT2D eigenvalue weighted by molar-refractivity contribution is 8.00. The Morgan fingerprint density at radius 1 is 1.22 bits per heavy atom. The molecule has 0 N–H and O–H groups in total. The van der Waals surface area contributed by atoms with E-state index in [2.05, 4.69) is 0 Å². The van der Waals surface area contributed by atoms with Gasteiger partial charge >= 0.3 is 0 Å². The number of nitrogens with zero attached hydrogens (tertiary/aromatic N) is 1. The highest BCUT2D eigenvalue weighted by atomic mass is 32.2. The first-order valence-corrected chi connectivity index (χ1v) is 10.6. The van der Waals surface area contributed by atoms with Gasteiger partial charge in [0.2, 0.25) is 5.91 Å². The molecule has 2 fully saturated rings. The van der Waals surface area contributed by atoms with Crippen LogP contribution in [0.5, 0.6) is 5.75 Å². The Hall–Kier alpha value is -1.21. The second-order valence-corrected chi connectivity index (χ2v) is 9.33. The zero-order valence-corrected chi connectivity index (χ0v) is 14.7. The van der Waals surface area contributed by atoms with E-state index < -0.39 is 9.84 Å². The number of amides is 1. The maximum Gasteiger partial charge on any atom is 0.233 e. The molecule has 1 aliphatic carbocycles. The van der Waals surface area contributed by atoms with Crippen molar-refractivity contribution in [1.82, 2.24) is 4.90 Å². The van der Waals surface area contributed by atoms with Gasteiger partial charge in [0.1, 0.15) is 5.75 Å². The third kappa shape index (κ3) is 4.20. The van der Waals surface area contributed by atoms with E-state index in [0.717, 1.165) is 23.5 Å². The summed E-state index contributed by atoms with van der Waals surface area (Å²) in [6.45, 7) is 0. The molecule has 126 valence electrons. The second kappa shape index (κ2) is 6.73. The largest absolute Gasteiger partial charge is 0.497 e. The van der Waals surface area contributed by atoms with E-state index in [1.165, 1.54) is 11.8 Å². The van der Waals surface area contributed by atoms with Gasteiger partial charge in [0.05, 0.1) is 24.4 Å². The molecule has 1 saturated heterocycles. The van der Waals surface area contributed by atoms with E-state index in [-0.39, 0.29) is 29.5 Å². The Labute approximate surface area is 141 Å². The molecule has 5 nitrogen and oxygen atoms in total. The smallest absolute Gasteiger partial charge is 0.233 e. The number of carbonyl (C=O) groups is 1. The predicted octanol–water partition coefficient (Wildman–Crippen LogP) is 1.97. The maximum atomic E-state index is 12.6. The molecule has 1 aromatic carbocycles. The summed E-state index contributed by atoms with van der Waals surface area (Å²) < 4.78 is 28.5. The lowest BCUT2D eigenvalue weighted by Gasteiger charge is -2.28. The Balaban J connectivity index is 1.60. The lowest BCUT2D eigenvalue weighted by atomic mass is 10.2. The van der Waals surface area contributed by atoms with Crippen LogP contribution >= 0.6 is 11.8 Å². The number of hydrogen-bond donors (Lipinski definition) is 0. The van der Waals surface area contributed by atoms with Gasteiger partial charge in [-0.15, -0.1) is 11.8 Å². The summed E-state index contributed by atoms with van der Waals surface area (Å²) in [6.07, 6.45) is 2.57. The fourth-order valence-electron chi connectivity index (χ4n) is 2.94. The number of sulfone groups is 1. The number of hydrogen-bond acceptors (Lipinski definition) is 5. The van der Waals surface area contributed by atoms with Crippen molar-refractivity contribution < 1.29 is 17.9 Å². The molecule has 7 heteroatoms. The molecule has 1 atom stereocenters. The normalized spacial score (nSPS) is 22.7. The average molecular weight is 355 g/mol. The molecule has 23 heavy (non-hydrogen) atoms. The minimum atomic E-state index is -2.97. The van der Waals surface area contributed by atoms with E-state index in [9.17, 15) is 13.2 Å². The average Bonchev–Trinajstić information content (AvgIpc) is 3.29. The van der Waals surface area contributed by atoms with Crippen LogP contribution in [0.2, 0.25) is 0 Å². The minimum absolute atomic E-state index is 0.0513. The summed E-state index contributed by atoms with van der Waals surface area (Å²) >= 11 is 1.48. The molecule has 1 saturated carbocycles. The van der Waals surface area contributed by atoms with Crippen molar-refractivity contribution in [2.75, 3.05) is 24.4 Å². The lowest BCUT2D eigenvalue weighted by Crippen LogP contribution is -2.43. The quantitative estimate of drug-likeness (QED) is 0.730. The van der Waals surface area contributed by atoms with Crippen LogP contribution in [0, 0.1) is 0 Å². The van der Waals surface area contributed by atoms with Crippen molar-refractivity contribution in [3.63, 3.8) is 0 Å². The fourth-order valence-corrected chi connectivity index (χ4v) is 5.42. The highest BCUT2D eigenvalue weighted by Crippen LogP contribution is 2.33. The van der Waals surface area contributed by atoms with Gasteiger partial charge in [-0.05, 0) is 43.5 Å². The zero-order chi connectivity index (χ0) is 16.4. The van der Waals surface area contributed by atoms with Crippen LogP contribution in [0.25, 0.3) is 0 Å². The molecule has 1 aliphatic heterocycles. The Morgan fingerprint density at radius 2 is 1.91 bits per heavy atom.